The molecule has 0 fully saturated rings. The Morgan fingerprint density at radius 1 is 1.53 bits per heavy atom. The van der Waals surface area contributed by atoms with Gasteiger partial charge in [0.05, 0.1) is 18.4 Å². The zero-order valence-electron chi connectivity index (χ0n) is 11.4. The lowest BCUT2D eigenvalue weighted by Crippen LogP contribution is -2.31. The normalized spacial score (nSPS) is 12.4. The van der Waals surface area contributed by atoms with Gasteiger partial charge in [0.15, 0.2) is 0 Å². The number of hydrogen-bond donors (Lipinski definition) is 2. The summed E-state index contributed by atoms with van der Waals surface area (Å²) in [6, 6.07) is 0. The SMILES string of the molecule is CCCCCNC(=O)C(C)Sc1nnnn1CCO. The van der Waals surface area contributed by atoms with Crippen molar-refractivity contribution in [1.82, 2.24) is 25.5 Å². The Morgan fingerprint density at radius 2 is 2.32 bits per heavy atom. The number of carbonyl (C=O) groups is 1. The molecule has 1 atom stereocenters. The van der Waals surface area contributed by atoms with Crippen LogP contribution in [0.25, 0.3) is 0 Å². The first kappa shape index (κ1) is 15.9. The molecule has 0 radical (unpaired) electrons. The maximum Gasteiger partial charge on any atom is 0.233 e. The number of amides is 1. The standard InChI is InChI=1S/C11H21N5O2S/c1-3-4-5-6-12-10(18)9(2)19-11-13-14-15-16(11)7-8-17/h9,17H,3-8H2,1-2H3,(H,12,18). The molecule has 1 aromatic heterocycles. The molecule has 1 amide bonds. The summed E-state index contributed by atoms with van der Waals surface area (Å²) in [4.78, 5) is 11.8. The summed E-state index contributed by atoms with van der Waals surface area (Å²) < 4.78 is 1.49. The molecule has 1 unspecified atom stereocenters. The highest BCUT2D eigenvalue weighted by Crippen LogP contribution is 2.19. The molecule has 0 saturated heterocycles. The summed E-state index contributed by atoms with van der Waals surface area (Å²) in [5, 5.41) is 23.2. The van der Waals surface area contributed by atoms with Crippen molar-refractivity contribution in [1.29, 1.82) is 0 Å². The van der Waals surface area contributed by atoms with Crippen LogP contribution in [0.2, 0.25) is 0 Å². The first-order valence-corrected chi connectivity index (χ1v) is 7.38. The van der Waals surface area contributed by atoms with Crippen molar-refractivity contribution < 1.29 is 9.90 Å². The van der Waals surface area contributed by atoms with Gasteiger partial charge in [-0.05, 0) is 23.8 Å². The molecule has 1 aromatic rings. The highest BCUT2D eigenvalue weighted by molar-refractivity contribution is 8.00. The van der Waals surface area contributed by atoms with E-state index in [4.69, 9.17) is 5.11 Å². The van der Waals surface area contributed by atoms with Crippen molar-refractivity contribution in [2.75, 3.05) is 13.2 Å². The fourth-order valence-electron chi connectivity index (χ4n) is 1.46. The Bertz CT molecular complexity index is 385. The Morgan fingerprint density at radius 3 is 3.00 bits per heavy atom. The molecule has 19 heavy (non-hydrogen) atoms. The summed E-state index contributed by atoms with van der Waals surface area (Å²) in [5.74, 6) is -0.0142. The number of unbranched alkanes of at least 4 members (excludes halogenated alkanes) is 2. The molecule has 0 saturated carbocycles. The Hall–Kier alpha value is -1.15. The minimum absolute atomic E-state index is 0.0142. The number of hydrogen-bond acceptors (Lipinski definition) is 6. The Labute approximate surface area is 117 Å². The van der Waals surface area contributed by atoms with Gasteiger partial charge in [-0.1, -0.05) is 31.5 Å². The van der Waals surface area contributed by atoms with E-state index in [1.54, 1.807) is 0 Å². The van der Waals surface area contributed by atoms with Crippen LogP contribution in [0.3, 0.4) is 0 Å². The number of tetrazole rings is 1. The van der Waals surface area contributed by atoms with E-state index in [-0.39, 0.29) is 17.8 Å². The quantitative estimate of drug-likeness (QED) is 0.506. The molecule has 2 N–H and O–H groups in total. The van der Waals surface area contributed by atoms with Crippen LogP contribution in [0, 0.1) is 0 Å². The van der Waals surface area contributed by atoms with Crippen LogP contribution in [0.15, 0.2) is 5.16 Å². The van der Waals surface area contributed by atoms with Crippen LogP contribution >= 0.6 is 11.8 Å². The van der Waals surface area contributed by atoms with E-state index < -0.39 is 0 Å². The van der Waals surface area contributed by atoms with Crippen LogP contribution < -0.4 is 5.32 Å². The van der Waals surface area contributed by atoms with Gasteiger partial charge in [-0.2, -0.15) is 0 Å². The van der Waals surface area contributed by atoms with Gasteiger partial charge in [0.2, 0.25) is 11.1 Å². The second kappa shape index (κ2) is 8.87. The van der Waals surface area contributed by atoms with E-state index in [0.717, 1.165) is 19.3 Å². The van der Waals surface area contributed by atoms with E-state index in [1.165, 1.54) is 16.4 Å². The van der Waals surface area contributed by atoms with Crippen molar-refractivity contribution >= 4 is 17.7 Å². The van der Waals surface area contributed by atoms with E-state index in [9.17, 15) is 4.79 Å². The molecular formula is C11H21N5O2S. The molecule has 1 heterocycles. The highest BCUT2D eigenvalue weighted by Gasteiger charge is 2.17. The van der Waals surface area contributed by atoms with Crippen molar-refractivity contribution in [2.45, 2.75) is 50.1 Å². The van der Waals surface area contributed by atoms with Gasteiger partial charge in [-0.25, -0.2) is 4.68 Å². The molecule has 8 heteroatoms. The molecule has 0 aromatic carbocycles. The fourth-order valence-corrected chi connectivity index (χ4v) is 2.30. The van der Waals surface area contributed by atoms with Crippen LogP contribution in [-0.2, 0) is 11.3 Å². The monoisotopic (exact) mass is 287 g/mol. The zero-order valence-corrected chi connectivity index (χ0v) is 12.2. The summed E-state index contributed by atoms with van der Waals surface area (Å²) in [6.45, 7) is 4.95. The van der Waals surface area contributed by atoms with Crippen LogP contribution in [0.5, 0.6) is 0 Å². The molecule has 0 aliphatic rings. The van der Waals surface area contributed by atoms with Gasteiger partial charge in [0, 0.05) is 6.54 Å². The van der Waals surface area contributed by atoms with Crippen LogP contribution in [0.1, 0.15) is 33.1 Å². The number of aliphatic hydroxyl groups is 1. The lowest BCUT2D eigenvalue weighted by molar-refractivity contribution is -0.120. The number of thioether (sulfide) groups is 1. The molecule has 0 aliphatic heterocycles. The first-order valence-electron chi connectivity index (χ1n) is 6.50. The predicted molar refractivity (Wildman–Crippen MR) is 72.8 cm³/mol. The molecule has 0 aliphatic carbocycles. The van der Waals surface area contributed by atoms with Crippen LogP contribution in [-0.4, -0.2) is 49.6 Å². The van der Waals surface area contributed by atoms with Crippen molar-refractivity contribution in [3.63, 3.8) is 0 Å². The van der Waals surface area contributed by atoms with E-state index in [1.807, 2.05) is 6.92 Å². The fraction of sp³-hybridized carbons (Fsp3) is 0.818. The smallest absolute Gasteiger partial charge is 0.233 e. The third-order valence-electron chi connectivity index (χ3n) is 2.54. The van der Waals surface area contributed by atoms with E-state index in [0.29, 0.717) is 18.2 Å². The van der Waals surface area contributed by atoms with Gasteiger partial charge in [-0.15, -0.1) is 5.10 Å². The maximum atomic E-state index is 11.8. The third-order valence-corrected chi connectivity index (χ3v) is 3.61. The van der Waals surface area contributed by atoms with Crippen molar-refractivity contribution in [2.24, 2.45) is 0 Å². The number of nitrogens with one attached hydrogen (secondary N) is 1. The summed E-state index contributed by atoms with van der Waals surface area (Å²) in [6.07, 6.45) is 3.26. The maximum absolute atomic E-state index is 11.8. The minimum atomic E-state index is -0.259. The van der Waals surface area contributed by atoms with Gasteiger partial charge >= 0.3 is 0 Å². The Balaban J connectivity index is 2.38. The molecule has 108 valence electrons. The number of aliphatic hydroxyl groups excluding tert-OH is 1. The number of carbonyl (C=O) groups excluding carboxylic acids is 1. The molecule has 1 rings (SSSR count). The summed E-state index contributed by atoms with van der Waals surface area (Å²) in [5.41, 5.74) is 0. The average Bonchev–Trinajstić information content (AvgIpc) is 2.82. The average molecular weight is 287 g/mol. The van der Waals surface area contributed by atoms with Gasteiger partial charge < -0.3 is 10.4 Å². The van der Waals surface area contributed by atoms with Gasteiger partial charge in [-0.3, -0.25) is 4.79 Å². The molecule has 0 spiro atoms. The molecule has 0 bridgehead atoms. The Kier molecular flexibility index (Phi) is 7.42. The van der Waals surface area contributed by atoms with Gasteiger partial charge in [0.1, 0.15) is 0 Å². The summed E-state index contributed by atoms with van der Waals surface area (Å²) in [7, 11) is 0. The third kappa shape index (κ3) is 5.56. The first-order chi connectivity index (χ1) is 9.19. The predicted octanol–water partition coefficient (Wildman–Crippen LogP) is 0.452. The second-order valence-corrected chi connectivity index (χ2v) is 5.47. The summed E-state index contributed by atoms with van der Waals surface area (Å²) >= 11 is 1.29. The highest BCUT2D eigenvalue weighted by atomic mass is 32.2. The largest absolute Gasteiger partial charge is 0.394 e. The van der Waals surface area contributed by atoms with E-state index >= 15 is 0 Å². The molecule has 7 nitrogen and oxygen atoms in total. The lowest BCUT2D eigenvalue weighted by atomic mass is 10.2. The van der Waals surface area contributed by atoms with Gasteiger partial charge in [0.25, 0.3) is 0 Å². The number of nitrogens with zero attached hydrogens (tertiary/aromatic N) is 4. The van der Waals surface area contributed by atoms with Crippen molar-refractivity contribution in [3.8, 4) is 0 Å². The number of aromatic nitrogens is 4. The topological polar surface area (TPSA) is 92.9 Å². The van der Waals surface area contributed by atoms with E-state index in [2.05, 4.69) is 27.8 Å². The van der Waals surface area contributed by atoms with Crippen molar-refractivity contribution in [3.05, 3.63) is 0 Å². The zero-order chi connectivity index (χ0) is 14.1. The molecular weight excluding hydrogens is 266 g/mol. The second-order valence-electron chi connectivity index (χ2n) is 4.17. The van der Waals surface area contributed by atoms with Crippen LogP contribution in [0.4, 0.5) is 0 Å². The minimum Gasteiger partial charge on any atom is -0.394 e. The lowest BCUT2D eigenvalue weighted by Gasteiger charge is -2.11. The number of rotatable bonds is 9.